The van der Waals surface area contributed by atoms with E-state index in [4.69, 9.17) is 5.73 Å². The lowest BCUT2D eigenvalue weighted by atomic mass is 9.99. The van der Waals surface area contributed by atoms with Crippen molar-refractivity contribution in [2.24, 2.45) is 5.73 Å². The molecule has 3 rings (SSSR count). The molecule has 1 aliphatic rings. The number of halogens is 1. The minimum Gasteiger partial charge on any atom is -0.324 e. The van der Waals surface area contributed by atoms with Crippen LogP contribution in [-0.2, 0) is 4.79 Å². The molecule has 3 nitrogen and oxygen atoms in total. The van der Waals surface area contributed by atoms with E-state index in [0.717, 1.165) is 15.3 Å². The normalized spacial score (nSPS) is 14.5. The molecule has 0 radical (unpaired) electrons. The molecule has 0 atom stereocenters. The number of thioether (sulfide) groups is 1. The Kier molecular flexibility index (Phi) is 6.22. The number of hydrogen-bond donors (Lipinski definition) is 1. The van der Waals surface area contributed by atoms with E-state index in [9.17, 15) is 4.79 Å². The summed E-state index contributed by atoms with van der Waals surface area (Å²) in [4.78, 5) is 13.7. The molecular formula is C21H23BrN2OS. The van der Waals surface area contributed by atoms with Gasteiger partial charge in [-0.2, -0.15) is 0 Å². The number of nitrogens with two attached hydrogens (primary N) is 1. The summed E-state index contributed by atoms with van der Waals surface area (Å²) in [6.07, 6.45) is 4.53. The molecule has 0 bridgehead atoms. The zero-order valence-electron chi connectivity index (χ0n) is 14.9. The number of ketones is 1. The van der Waals surface area contributed by atoms with Crippen molar-refractivity contribution in [1.82, 2.24) is 0 Å². The van der Waals surface area contributed by atoms with Crippen LogP contribution >= 0.6 is 27.7 Å². The van der Waals surface area contributed by atoms with E-state index in [1.54, 1.807) is 0 Å². The minimum atomic E-state index is 0.0154. The van der Waals surface area contributed by atoms with Crippen LogP contribution in [0.25, 0.3) is 10.8 Å². The molecule has 0 aliphatic heterocycles. The SMILES string of the molecule is C=C(SCC(=O)CN)N(C(Br)=CC)c1ccc(C2CC2)c2ccccc12. The van der Waals surface area contributed by atoms with Crippen molar-refractivity contribution in [1.29, 1.82) is 0 Å². The first kappa shape index (κ1) is 19.2. The van der Waals surface area contributed by atoms with E-state index in [1.807, 2.05) is 13.0 Å². The van der Waals surface area contributed by atoms with Gasteiger partial charge < -0.3 is 5.73 Å². The maximum atomic E-state index is 11.6. The topological polar surface area (TPSA) is 46.3 Å². The van der Waals surface area contributed by atoms with Crippen LogP contribution in [-0.4, -0.2) is 18.1 Å². The van der Waals surface area contributed by atoms with Crippen molar-refractivity contribution < 1.29 is 4.79 Å². The molecular weight excluding hydrogens is 408 g/mol. The third kappa shape index (κ3) is 4.05. The van der Waals surface area contributed by atoms with Crippen LogP contribution in [0.2, 0.25) is 0 Å². The standard InChI is InChI=1S/C21H23BrN2OS/c1-3-21(22)24(14(2)26-13-16(25)12-23)20-11-10-17(15-8-9-15)18-6-4-5-7-19(18)20/h3-7,10-11,15H,2,8-9,12-13,23H2,1H3. The van der Waals surface area contributed by atoms with Gasteiger partial charge in [-0.3, -0.25) is 9.69 Å². The number of fused-ring (bicyclic) bond motifs is 1. The predicted octanol–water partition coefficient (Wildman–Crippen LogP) is 5.51. The molecule has 2 aromatic carbocycles. The highest BCUT2D eigenvalue weighted by Crippen LogP contribution is 2.46. The molecule has 2 N–H and O–H groups in total. The summed E-state index contributed by atoms with van der Waals surface area (Å²) in [6, 6.07) is 12.9. The minimum absolute atomic E-state index is 0.0154. The fraction of sp³-hybridized carbons (Fsp3) is 0.286. The van der Waals surface area contributed by atoms with Gasteiger partial charge >= 0.3 is 0 Å². The average Bonchev–Trinajstić information content (AvgIpc) is 3.51. The van der Waals surface area contributed by atoms with E-state index in [1.165, 1.54) is 40.9 Å². The highest BCUT2D eigenvalue weighted by Gasteiger charge is 2.27. The van der Waals surface area contributed by atoms with Gasteiger partial charge in [-0.15, -0.1) is 11.8 Å². The van der Waals surface area contributed by atoms with Crippen molar-refractivity contribution in [3.05, 3.63) is 64.3 Å². The number of hydrogen-bond acceptors (Lipinski definition) is 4. The van der Waals surface area contributed by atoms with Crippen molar-refractivity contribution in [3.8, 4) is 0 Å². The fourth-order valence-electron chi connectivity index (χ4n) is 3.04. The molecule has 0 amide bonds. The highest BCUT2D eigenvalue weighted by molar-refractivity contribution is 9.11. The van der Waals surface area contributed by atoms with Gasteiger partial charge in [-0.1, -0.05) is 43.0 Å². The number of benzene rings is 2. The van der Waals surface area contributed by atoms with E-state index < -0.39 is 0 Å². The Balaban J connectivity index is 2.03. The molecule has 1 fully saturated rings. The maximum absolute atomic E-state index is 11.6. The summed E-state index contributed by atoms with van der Waals surface area (Å²) in [5, 5.41) is 3.29. The van der Waals surface area contributed by atoms with Crippen molar-refractivity contribution >= 4 is 49.9 Å². The number of carbonyl (C=O) groups is 1. The van der Waals surface area contributed by atoms with Gasteiger partial charge in [-0.25, -0.2) is 0 Å². The lowest BCUT2D eigenvalue weighted by Crippen LogP contribution is -2.20. The molecule has 0 unspecified atom stereocenters. The number of anilines is 1. The largest absolute Gasteiger partial charge is 0.324 e. The Morgan fingerprint density at radius 1 is 1.31 bits per heavy atom. The Morgan fingerprint density at radius 3 is 2.62 bits per heavy atom. The molecule has 0 aromatic heterocycles. The third-order valence-electron chi connectivity index (χ3n) is 4.52. The lowest BCUT2D eigenvalue weighted by molar-refractivity contribution is -0.115. The third-order valence-corrected chi connectivity index (χ3v) is 6.32. The van der Waals surface area contributed by atoms with Crippen LogP contribution in [0.5, 0.6) is 0 Å². The molecule has 136 valence electrons. The van der Waals surface area contributed by atoms with Gasteiger partial charge in [0.15, 0.2) is 5.78 Å². The van der Waals surface area contributed by atoms with Gasteiger partial charge in [0.05, 0.1) is 27.6 Å². The number of allylic oxidation sites excluding steroid dienone is 1. The van der Waals surface area contributed by atoms with Crippen LogP contribution < -0.4 is 10.6 Å². The van der Waals surface area contributed by atoms with Gasteiger partial charge in [0, 0.05) is 5.39 Å². The number of carbonyl (C=O) groups excluding carboxylic acids is 1. The lowest BCUT2D eigenvalue weighted by Gasteiger charge is -2.27. The number of Topliss-reactive ketones (excluding diaryl/α,β-unsaturated/α-hetero) is 1. The summed E-state index contributed by atoms with van der Waals surface area (Å²) >= 11 is 5.07. The Bertz CT molecular complexity index is 873. The molecule has 0 heterocycles. The average molecular weight is 431 g/mol. The molecule has 2 aromatic rings. The van der Waals surface area contributed by atoms with Crippen molar-refractivity contribution in [2.45, 2.75) is 25.7 Å². The van der Waals surface area contributed by atoms with Crippen LogP contribution in [0.4, 0.5) is 5.69 Å². The van der Waals surface area contributed by atoms with Crippen LogP contribution in [0.1, 0.15) is 31.2 Å². The van der Waals surface area contributed by atoms with Gasteiger partial charge in [0.25, 0.3) is 0 Å². The maximum Gasteiger partial charge on any atom is 0.156 e. The Labute approximate surface area is 167 Å². The summed E-state index contributed by atoms with van der Waals surface area (Å²) in [7, 11) is 0. The van der Waals surface area contributed by atoms with Gasteiger partial charge in [0.2, 0.25) is 0 Å². The first-order valence-electron chi connectivity index (χ1n) is 8.73. The van der Waals surface area contributed by atoms with E-state index in [0.29, 0.717) is 11.7 Å². The first-order valence-corrected chi connectivity index (χ1v) is 10.5. The molecule has 1 aliphatic carbocycles. The van der Waals surface area contributed by atoms with Crippen LogP contribution in [0.15, 0.2) is 58.7 Å². The number of rotatable bonds is 8. The molecule has 26 heavy (non-hydrogen) atoms. The summed E-state index contributed by atoms with van der Waals surface area (Å²) in [5.74, 6) is 1.03. The zero-order chi connectivity index (χ0) is 18.7. The monoisotopic (exact) mass is 430 g/mol. The van der Waals surface area contributed by atoms with E-state index in [2.05, 4.69) is 63.8 Å². The van der Waals surface area contributed by atoms with E-state index >= 15 is 0 Å². The highest BCUT2D eigenvalue weighted by atomic mass is 79.9. The smallest absolute Gasteiger partial charge is 0.156 e. The molecule has 0 spiro atoms. The van der Waals surface area contributed by atoms with Crippen LogP contribution in [0.3, 0.4) is 0 Å². The quantitative estimate of drug-likeness (QED) is 0.560. The molecule has 1 saturated carbocycles. The predicted molar refractivity (Wildman–Crippen MR) is 117 cm³/mol. The number of nitrogens with zero attached hydrogens (tertiary/aromatic N) is 1. The second kappa shape index (κ2) is 8.42. The van der Waals surface area contributed by atoms with E-state index in [-0.39, 0.29) is 12.3 Å². The van der Waals surface area contributed by atoms with Crippen molar-refractivity contribution in [3.63, 3.8) is 0 Å². The zero-order valence-corrected chi connectivity index (χ0v) is 17.3. The summed E-state index contributed by atoms with van der Waals surface area (Å²) in [6.45, 7) is 6.24. The summed E-state index contributed by atoms with van der Waals surface area (Å²) in [5.41, 5.74) is 7.92. The fourth-order valence-corrected chi connectivity index (χ4v) is 4.33. The second-order valence-electron chi connectivity index (χ2n) is 6.37. The van der Waals surface area contributed by atoms with Crippen molar-refractivity contribution in [2.75, 3.05) is 17.2 Å². The Hall–Kier alpha value is -1.56. The Morgan fingerprint density at radius 2 is 2.00 bits per heavy atom. The molecule has 5 heteroatoms. The molecule has 0 saturated heterocycles. The van der Waals surface area contributed by atoms with Gasteiger partial charge in [0.1, 0.15) is 0 Å². The summed E-state index contributed by atoms with van der Waals surface area (Å²) < 4.78 is 0.902. The second-order valence-corrected chi connectivity index (χ2v) is 8.23. The van der Waals surface area contributed by atoms with Gasteiger partial charge in [-0.05, 0) is 58.6 Å². The van der Waals surface area contributed by atoms with Crippen LogP contribution in [0, 0.1) is 0 Å². The first-order chi connectivity index (χ1) is 12.6.